The van der Waals surface area contributed by atoms with E-state index in [1.54, 1.807) is 6.92 Å². The largest absolute Gasteiger partial charge is 0.515 e. The Morgan fingerprint density at radius 2 is 2.18 bits per heavy atom. The molecule has 1 N–H and O–H groups in total. The number of allylic oxidation sites excluding steroid dienone is 1. The smallest absolute Gasteiger partial charge is 0.164 e. The van der Waals surface area contributed by atoms with Crippen molar-refractivity contribution in [3.05, 3.63) is 11.8 Å². The van der Waals surface area contributed by atoms with Gasteiger partial charge in [0.2, 0.25) is 0 Å². The molecule has 0 aromatic rings. The zero-order valence-corrected chi connectivity index (χ0v) is 7.42. The first-order chi connectivity index (χ1) is 5.13. The van der Waals surface area contributed by atoms with E-state index >= 15 is 0 Å². The highest BCUT2D eigenvalue weighted by atomic mass is 16.2. The SMILES string of the molecule is CCCC(C)C(=O)C(C)=CO. The molecule has 0 aromatic carbocycles. The Kier molecular flexibility index (Phi) is 4.59. The van der Waals surface area contributed by atoms with E-state index < -0.39 is 0 Å². The maximum atomic E-state index is 11.2. The fourth-order valence-electron chi connectivity index (χ4n) is 1.02. The minimum Gasteiger partial charge on any atom is -0.515 e. The maximum absolute atomic E-state index is 11.2. The zero-order valence-electron chi connectivity index (χ0n) is 7.42. The second kappa shape index (κ2) is 4.94. The summed E-state index contributed by atoms with van der Waals surface area (Å²) in [5.74, 6) is 0.0951. The van der Waals surface area contributed by atoms with E-state index in [0.29, 0.717) is 5.57 Å². The molecule has 0 aliphatic carbocycles. The van der Waals surface area contributed by atoms with Gasteiger partial charge in [-0.3, -0.25) is 4.79 Å². The van der Waals surface area contributed by atoms with Crippen LogP contribution in [0.15, 0.2) is 11.8 Å². The molecule has 64 valence electrons. The van der Waals surface area contributed by atoms with Crippen LogP contribution in [0.3, 0.4) is 0 Å². The van der Waals surface area contributed by atoms with Gasteiger partial charge in [0, 0.05) is 11.5 Å². The Hall–Kier alpha value is -0.790. The molecule has 0 fully saturated rings. The van der Waals surface area contributed by atoms with Crippen molar-refractivity contribution in [3.8, 4) is 0 Å². The summed E-state index contributed by atoms with van der Waals surface area (Å²) in [6.45, 7) is 5.56. The summed E-state index contributed by atoms with van der Waals surface area (Å²) in [4.78, 5) is 11.2. The molecule has 0 bridgehead atoms. The van der Waals surface area contributed by atoms with Crippen molar-refractivity contribution in [1.82, 2.24) is 0 Å². The molecule has 0 spiro atoms. The number of aliphatic hydroxyl groups excluding tert-OH is 1. The van der Waals surface area contributed by atoms with E-state index in [9.17, 15) is 4.79 Å². The van der Waals surface area contributed by atoms with Gasteiger partial charge in [-0.15, -0.1) is 0 Å². The third-order valence-electron chi connectivity index (χ3n) is 1.75. The Balaban J connectivity index is 4.02. The van der Waals surface area contributed by atoms with Crippen LogP contribution < -0.4 is 0 Å². The fourth-order valence-corrected chi connectivity index (χ4v) is 1.02. The number of carbonyl (C=O) groups excluding carboxylic acids is 1. The molecule has 0 radical (unpaired) electrons. The van der Waals surface area contributed by atoms with Crippen LogP contribution >= 0.6 is 0 Å². The molecule has 11 heavy (non-hydrogen) atoms. The molecule has 1 unspecified atom stereocenters. The number of ketones is 1. The Bertz CT molecular complexity index is 159. The number of rotatable bonds is 4. The average Bonchev–Trinajstić information content (AvgIpc) is 2.02. The van der Waals surface area contributed by atoms with E-state index in [0.717, 1.165) is 19.1 Å². The predicted octanol–water partition coefficient (Wildman–Crippen LogP) is 2.45. The number of hydrogen-bond donors (Lipinski definition) is 1. The van der Waals surface area contributed by atoms with Crippen LogP contribution in [-0.4, -0.2) is 10.9 Å². The van der Waals surface area contributed by atoms with Crippen molar-refractivity contribution in [2.24, 2.45) is 5.92 Å². The molecule has 0 rings (SSSR count). The van der Waals surface area contributed by atoms with E-state index in [2.05, 4.69) is 0 Å². The number of aliphatic hydroxyl groups is 1. The first-order valence-electron chi connectivity index (χ1n) is 3.98. The lowest BCUT2D eigenvalue weighted by Gasteiger charge is -2.07. The molecule has 0 aliphatic rings. The standard InChI is InChI=1S/C9H16O2/c1-4-5-7(2)9(11)8(3)6-10/h6-7,10H,4-5H2,1-3H3. The lowest BCUT2D eigenvalue weighted by atomic mass is 9.97. The lowest BCUT2D eigenvalue weighted by Crippen LogP contribution is -2.11. The van der Waals surface area contributed by atoms with Crippen LogP contribution in [-0.2, 0) is 4.79 Å². The van der Waals surface area contributed by atoms with E-state index in [-0.39, 0.29) is 11.7 Å². The van der Waals surface area contributed by atoms with Crippen molar-refractivity contribution >= 4 is 5.78 Å². The molecule has 0 amide bonds. The molecule has 1 atom stereocenters. The summed E-state index contributed by atoms with van der Waals surface area (Å²) in [7, 11) is 0. The minimum absolute atomic E-state index is 0.0448. The van der Waals surface area contributed by atoms with Gasteiger partial charge in [0.05, 0.1) is 6.26 Å². The summed E-state index contributed by atoms with van der Waals surface area (Å²) in [6, 6.07) is 0. The second-order valence-electron chi connectivity index (χ2n) is 2.87. The summed E-state index contributed by atoms with van der Waals surface area (Å²) in [5.41, 5.74) is 0.450. The van der Waals surface area contributed by atoms with Gasteiger partial charge in [0.25, 0.3) is 0 Å². The highest BCUT2D eigenvalue weighted by molar-refractivity contribution is 5.96. The summed E-state index contributed by atoms with van der Waals surface area (Å²) in [6.07, 6.45) is 2.78. The van der Waals surface area contributed by atoms with Gasteiger partial charge in [-0.05, 0) is 13.3 Å². The fraction of sp³-hybridized carbons (Fsp3) is 0.667. The molecule has 0 heterocycles. The minimum atomic E-state index is 0.0448. The molecular weight excluding hydrogens is 140 g/mol. The van der Waals surface area contributed by atoms with Gasteiger partial charge in [0.15, 0.2) is 5.78 Å². The Morgan fingerprint density at radius 1 is 1.64 bits per heavy atom. The third kappa shape index (κ3) is 3.21. The van der Waals surface area contributed by atoms with Crippen LogP contribution in [0, 0.1) is 5.92 Å². The van der Waals surface area contributed by atoms with Crippen LogP contribution in [0.25, 0.3) is 0 Å². The lowest BCUT2D eigenvalue weighted by molar-refractivity contribution is -0.119. The molecular formula is C9H16O2. The first-order valence-corrected chi connectivity index (χ1v) is 3.98. The van der Waals surface area contributed by atoms with E-state index in [4.69, 9.17) is 5.11 Å². The van der Waals surface area contributed by atoms with Crippen molar-refractivity contribution in [1.29, 1.82) is 0 Å². The average molecular weight is 156 g/mol. The molecule has 0 saturated heterocycles. The van der Waals surface area contributed by atoms with Crippen LogP contribution in [0.1, 0.15) is 33.6 Å². The number of carbonyl (C=O) groups is 1. The van der Waals surface area contributed by atoms with Crippen LogP contribution in [0.5, 0.6) is 0 Å². The highest BCUT2D eigenvalue weighted by Crippen LogP contribution is 2.11. The van der Waals surface area contributed by atoms with E-state index in [1.807, 2.05) is 13.8 Å². The normalized spacial score (nSPS) is 14.6. The first kappa shape index (κ1) is 10.2. The van der Waals surface area contributed by atoms with Gasteiger partial charge < -0.3 is 5.11 Å². The predicted molar refractivity (Wildman–Crippen MR) is 45.5 cm³/mol. The van der Waals surface area contributed by atoms with Gasteiger partial charge >= 0.3 is 0 Å². The maximum Gasteiger partial charge on any atom is 0.164 e. The molecule has 0 saturated carbocycles. The Labute approximate surface area is 67.9 Å². The van der Waals surface area contributed by atoms with Crippen LogP contribution in [0.4, 0.5) is 0 Å². The molecule has 2 nitrogen and oxygen atoms in total. The van der Waals surface area contributed by atoms with Gasteiger partial charge in [0.1, 0.15) is 0 Å². The summed E-state index contributed by atoms with van der Waals surface area (Å²) < 4.78 is 0. The highest BCUT2D eigenvalue weighted by Gasteiger charge is 2.12. The monoisotopic (exact) mass is 156 g/mol. The van der Waals surface area contributed by atoms with Crippen LogP contribution in [0.2, 0.25) is 0 Å². The van der Waals surface area contributed by atoms with Gasteiger partial charge in [-0.1, -0.05) is 20.3 Å². The summed E-state index contributed by atoms with van der Waals surface area (Å²) >= 11 is 0. The van der Waals surface area contributed by atoms with Crippen molar-refractivity contribution in [3.63, 3.8) is 0 Å². The molecule has 0 aliphatic heterocycles. The van der Waals surface area contributed by atoms with Gasteiger partial charge in [-0.25, -0.2) is 0 Å². The number of Topliss-reactive ketones (excluding diaryl/α,β-unsaturated/α-hetero) is 1. The Morgan fingerprint density at radius 3 is 2.55 bits per heavy atom. The topological polar surface area (TPSA) is 37.3 Å². The number of hydrogen-bond acceptors (Lipinski definition) is 2. The molecule has 2 heteroatoms. The summed E-state index contributed by atoms with van der Waals surface area (Å²) in [5, 5.41) is 8.54. The van der Waals surface area contributed by atoms with Crippen molar-refractivity contribution < 1.29 is 9.90 Å². The zero-order chi connectivity index (χ0) is 8.85. The van der Waals surface area contributed by atoms with Crippen molar-refractivity contribution in [2.75, 3.05) is 0 Å². The van der Waals surface area contributed by atoms with E-state index in [1.165, 1.54) is 0 Å². The third-order valence-corrected chi connectivity index (χ3v) is 1.75. The molecule has 0 aromatic heterocycles. The quantitative estimate of drug-likeness (QED) is 0.501. The van der Waals surface area contributed by atoms with Gasteiger partial charge in [-0.2, -0.15) is 0 Å². The van der Waals surface area contributed by atoms with Crippen molar-refractivity contribution in [2.45, 2.75) is 33.6 Å². The second-order valence-corrected chi connectivity index (χ2v) is 2.87.